The molecule has 0 aliphatic heterocycles. The van der Waals surface area contributed by atoms with E-state index < -0.39 is 11.5 Å². The molecule has 0 saturated heterocycles. The zero-order chi connectivity index (χ0) is 10.8. The Kier molecular flexibility index (Phi) is 2.50. The summed E-state index contributed by atoms with van der Waals surface area (Å²) in [7, 11) is 0. The summed E-state index contributed by atoms with van der Waals surface area (Å²) in [5.74, 6) is -1.54. The van der Waals surface area contributed by atoms with E-state index in [9.17, 15) is 9.18 Å². The third-order valence-corrected chi connectivity index (χ3v) is 2.54. The third kappa shape index (κ3) is 1.89. The largest absolute Gasteiger partial charge is 0.478 e. The van der Waals surface area contributed by atoms with E-state index in [1.165, 1.54) is 12.7 Å². The lowest BCUT2D eigenvalue weighted by Gasteiger charge is -2.01. The molecule has 2 N–H and O–H groups in total. The van der Waals surface area contributed by atoms with Crippen molar-refractivity contribution in [3.63, 3.8) is 0 Å². The number of halogens is 1. The molecular weight excluding hydrogens is 223 g/mol. The van der Waals surface area contributed by atoms with E-state index in [1.54, 1.807) is 0 Å². The summed E-state index contributed by atoms with van der Waals surface area (Å²) >= 11 is 0.497. The van der Waals surface area contributed by atoms with E-state index in [-0.39, 0.29) is 5.03 Å². The van der Waals surface area contributed by atoms with Gasteiger partial charge >= 0.3 is 5.97 Å². The summed E-state index contributed by atoms with van der Waals surface area (Å²) in [5.41, 5.74) is -1.23. The van der Waals surface area contributed by atoms with Gasteiger partial charge in [0.2, 0.25) is 5.50 Å². The molecular formula is C7H5FN4O2S. The molecule has 0 radical (unpaired) electrons. The molecule has 15 heavy (non-hydrogen) atoms. The second-order valence-corrected chi connectivity index (χ2v) is 3.59. The Labute approximate surface area is 87.0 Å². The molecule has 0 aromatic carbocycles. The molecule has 2 aromatic rings. The van der Waals surface area contributed by atoms with Crippen LogP contribution in [0.3, 0.4) is 0 Å². The number of nitrogens with one attached hydrogen (secondary N) is 1. The number of thioether (sulfide) groups is 1. The quantitative estimate of drug-likeness (QED) is 0.597. The molecule has 0 amide bonds. The molecule has 1 atom stereocenters. The first-order valence-corrected chi connectivity index (χ1v) is 4.74. The molecule has 8 heteroatoms. The van der Waals surface area contributed by atoms with Crippen LogP contribution < -0.4 is 0 Å². The number of H-pyrrole nitrogens is 1. The lowest BCUT2D eigenvalue weighted by atomic mass is 10.6. The van der Waals surface area contributed by atoms with Crippen LogP contribution in [-0.2, 0) is 4.79 Å². The van der Waals surface area contributed by atoms with E-state index in [4.69, 9.17) is 5.11 Å². The molecule has 2 aromatic heterocycles. The lowest BCUT2D eigenvalue weighted by molar-refractivity contribution is -0.139. The number of imidazole rings is 1. The fourth-order valence-corrected chi connectivity index (χ4v) is 1.65. The summed E-state index contributed by atoms with van der Waals surface area (Å²) < 4.78 is 12.9. The molecule has 0 saturated carbocycles. The van der Waals surface area contributed by atoms with Crippen LogP contribution in [0, 0.1) is 0 Å². The predicted molar refractivity (Wildman–Crippen MR) is 50.1 cm³/mol. The van der Waals surface area contributed by atoms with E-state index in [2.05, 4.69) is 19.9 Å². The van der Waals surface area contributed by atoms with Gasteiger partial charge in [0, 0.05) is 0 Å². The minimum atomic E-state index is -2.05. The Morgan fingerprint density at radius 3 is 3.07 bits per heavy atom. The van der Waals surface area contributed by atoms with Crippen LogP contribution in [0.15, 0.2) is 17.7 Å². The second-order valence-electron chi connectivity index (χ2n) is 2.55. The minimum absolute atomic E-state index is 0.229. The van der Waals surface area contributed by atoms with E-state index in [1.807, 2.05) is 0 Å². The third-order valence-electron chi connectivity index (χ3n) is 1.60. The molecule has 0 spiro atoms. The number of aromatic amines is 1. The Bertz CT molecular complexity index is 502. The highest BCUT2D eigenvalue weighted by molar-refractivity contribution is 8.00. The highest BCUT2D eigenvalue weighted by Crippen LogP contribution is 2.26. The van der Waals surface area contributed by atoms with E-state index >= 15 is 0 Å². The van der Waals surface area contributed by atoms with Gasteiger partial charge in [-0.1, -0.05) is 11.8 Å². The number of carbonyl (C=O) groups is 1. The molecule has 78 valence electrons. The van der Waals surface area contributed by atoms with Crippen LogP contribution >= 0.6 is 11.8 Å². The Morgan fingerprint density at radius 1 is 1.53 bits per heavy atom. The number of aliphatic carboxylic acids is 1. The van der Waals surface area contributed by atoms with Gasteiger partial charge in [0.25, 0.3) is 0 Å². The molecule has 0 bridgehead atoms. The van der Waals surface area contributed by atoms with Crippen LogP contribution in [0.25, 0.3) is 11.2 Å². The summed E-state index contributed by atoms with van der Waals surface area (Å²) in [6, 6.07) is 0. The smallest absolute Gasteiger partial charge is 0.349 e. The fraction of sp³-hybridized carbons (Fsp3) is 0.143. The van der Waals surface area contributed by atoms with Crippen molar-refractivity contribution >= 4 is 28.9 Å². The van der Waals surface area contributed by atoms with E-state index in [0.29, 0.717) is 22.9 Å². The highest BCUT2D eigenvalue weighted by Gasteiger charge is 2.20. The monoisotopic (exact) mass is 228 g/mol. The van der Waals surface area contributed by atoms with Gasteiger partial charge in [-0.25, -0.2) is 24.1 Å². The average Bonchev–Trinajstić information content (AvgIpc) is 2.66. The van der Waals surface area contributed by atoms with Crippen molar-refractivity contribution in [3.05, 3.63) is 12.7 Å². The number of rotatable bonds is 3. The number of aromatic nitrogens is 4. The minimum Gasteiger partial charge on any atom is -0.478 e. The number of hydrogen-bond acceptors (Lipinski definition) is 5. The first kappa shape index (κ1) is 9.84. The summed E-state index contributed by atoms with van der Waals surface area (Å²) in [6.07, 6.45) is 2.59. The van der Waals surface area contributed by atoms with Crippen molar-refractivity contribution in [2.75, 3.05) is 0 Å². The van der Waals surface area contributed by atoms with Gasteiger partial charge in [-0.3, -0.25) is 0 Å². The maximum absolute atomic E-state index is 12.9. The highest BCUT2D eigenvalue weighted by atomic mass is 32.2. The summed E-state index contributed by atoms with van der Waals surface area (Å²) in [4.78, 5) is 24.5. The van der Waals surface area contributed by atoms with Crippen molar-refractivity contribution in [1.29, 1.82) is 0 Å². The van der Waals surface area contributed by atoms with Gasteiger partial charge in [-0.05, 0) is 0 Å². The molecule has 0 fully saturated rings. The Hall–Kier alpha value is -1.70. The zero-order valence-electron chi connectivity index (χ0n) is 7.22. The summed E-state index contributed by atoms with van der Waals surface area (Å²) in [6.45, 7) is 0. The molecule has 0 aliphatic rings. The van der Waals surface area contributed by atoms with Crippen molar-refractivity contribution < 1.29 is 14.3 Å². The zero-order valence-corrected chi connectivity index (χ0v) is 8.03. The maximum Gasteiger partial charge on any atom is 0.349 e. The van der Waals surface area contributed by atoms with Crippen molar-refractivity contribution in [2.24, 2.45) is 0 Å². The van der Waals surface area contributed by atoms with Gasteiger partial charge in [0.05, 0.1) is 6.33 Å². The van der Waals surface area contributed by atoms with Crippen molar-refractivity contribution in [2.45, 2.75) is 10.5 Å². The van der Waals surface area contributed by atoms with Crippen LogP contribution in [0.5, 0.6) is 0 Å². The first-order valence-electron chi connectivity index (χ1n) is 3.86. The lowest BCUT2D eigenvalue weighted by Crippen LogP contribution is -2.10. The van der Waals surface area contributed by atoms with Gasteiger partial charge in [-0.2, -0.15) is 0 Å². The van der Waals surface area contributed by atoms with Crippen LogP contribution in [0.4, 0.5) is 4.39 Å². The molecule has 2 rings (SSSR count). The Balaban J connectivity index is 2.35. The number of nitrogens with zero attached hydrogens (tertiary/aromatic N) is 3. The topological polar surface area (TPSA) is 91.8 Å². The number of hydrogen-bond donors (Lipinski definition) is 2. The van der Waals surface area contributed by atoms with Gasteiger partial charge in [0.1, 0.15) is 16.9 Å². The van der Waals surface area contributed by atoms with Gasteiger partial charge in [-0.15, -0.1) is 0 Å². The number of fused-ring (bicyclic) bond motifs is 1. The van der Waals surface area contributed by atoms with Crippen molar-refractivity contribution in [3.8, 4) is 0 Å². The van der Waals surface area contributed by atoms with Crippen LogP contribution in [-0.4, -0.2) is 36.5 Å². The SMILES string of the molecule is O=C(O)C(F)Sc1ncnc2nc[nH]c12. The summed E-state index contributed by atoms with van der Waals surface area (Å²) in [5, 5.41) is 8.63. The molecule has 1 unspecified atom stereocenters. The maximum atomic E-state index is 12.9. The standard InChI is InChI=1S/C7H5FN4O2S/c8-4(7(13)14)15-6-3-5(10-1-9-3)11-2-12-6/h1-2,4H,(H,13,14)(H,9,10,11,12). The first-order chi connectivity index (χ1) is 7.18. The van der Waals surface area contributed by atoms with Gasteiger partial charge < -0.3 is 10.1 Å². The van der Waals surface area contributed by atoms with E-state index in [0.717, 1.165) is 0 Å². The Morgan fingerprint density at radius 2 is 2.33 bits per heavy atom. The number of alkyl halides is 1. The predicted octanol–water partition coefficient (Wildman–Crippen LogP) is 0.825. The van der Waals surface area contributed by atoms with Gasteiger partial charge in [0.15, 0.2) is 5.65 Å². The van der Waals surface area contributed by atoms with Crippen molar-refractivity contribution in [1.82, 2.24) is 19.9 Å². The normalized spacial score (nSPS) is 12.9. The molecule has 6 nitrogen and oxygen atoms in total. The second kappa shape index (κ2) is 3.81. The number of carboxylic acid groups (broad SMARTS) is 1. The number of carboxylic acids is 1. The average molecular weight is 228 g/mol. The van der Waals surface area contributed by atoms with Crippen LogP contribution in [0.2, 0.25) is 0 Å². The molecule has 2 heterocycles. The fourth-order valence-electron chi connectivity index (χ4n) is 0.981. The molecule has 0 aliphatic carbocycles. The van der Waals surface area contributed by atoms with Crippen LogP contribution in [0.1, 0.15) is 0 Å².